The molecule has 0 saturated carbocycles. The van der Waals surface area contributed by atoms with Crippen LogP contribution in [-0.2, 0) is 25.7 Å². The smallest absolute Gasteiger partial charge is 0.410 e. The summed E-state index contributed by atoms with van der Waals surface area (Å²) in [5.74, 6) is -1.02. The third kappa shape index (κ3) is 8.19. The number of carbonyl (C=O) groups is 3. The van der Waals surface area contributed by atoms with Gasteiger partial charge in [0.15, 0.2) is 0 Å². The first-order valence-corrected chi connectivity index (χ1v) is 8.02. The zero-order valence-corrected chi connectivity index (χ0v) is 15.4. The van der Waals surface area contributed by atoms with E-state index >= 15 is 0 Å². The zero-order chi connectivity index (χ0) is 19.0. The number of likely N-dealkylation sites (N-methyl/N-ethyl adjacent to an activating group) is 1. The van der Waals surface area contributed by atoms with E-state index in [1.54, 1.807) is 20.8 Å². The van der Waals surface area contributed by atoms with Crippen LogP contribution in [0, 0.1) is 0 Å². The fourth-order valence-electron chi connectivity index (χ4n) is 1.82. The molecule has 0 heterocycles. The molecule has 0 aliphatic carbocycles. The van der Waals surface area contributed by atoms with Gasteiger partial charge < -0.3 is 19.7 Å². The van der Waals surface area contributed by atoms with Crippen LogP contribution in [0.1, 0.15) is 33.3 Å². The fraction of sp³-hybridized carbons (Fsp3) is 0.500. The third-order valence-electron chi connectivity index (χ3n) is 3.04. The van der Waals surface area contributed by atoms with Gasteiger partial charge in [0.05, 0.1) is 0 Å². The number of nitrogens with one attached hydrogen (secondary N) is 1. The predicted octanol–water partition coefficient (Wildman–Crippen LogP) is 2.10. The lowest BCUT2D eigenvalue weighted by atomic mass is 10.2. The highest BCUT2D eigenvalue weighted by Gasteiger charge is 2.23. The summed E-state index contributed by atoms with van der Waals surface area (Å²) in [6.45, 7) is 6.67. The SMILES string of the molecule is CC(NC(=O)CN(C)C(=O)OC(C)(C)C)C(=O)OCc1ccccc1. The van der Waals surface area contributed by atoms with Crippen LogP contribution < -0.4 is 5.32 Å². The molecule has 7 nitrogen and oxygen atoms in total. The van der Waals surface area contributed by atoms with Crippen molar-refractivity contribution in [3.05, 3.63) is 35.9 Å². The van der Waals surface area contributed by atoms with E-state index in [4.69, 9.17) is 9.47 Å². The Kier molecular flexibility index (Phi) is 7.42. The van der Waals surface area contributed by atoms with Crippen LogP contribution in [0.3, 0.4) is 0 Å². The molecule has 1 N–H and O–H groups in total. The number of nitrogens with zero attached hydrogens (tertiary/aromatic N) is 1. The fourth-order valence-corrected chi connectivity index (χ4v) is 1.82. The van der Waals surface area contributed by atoms with Crippen molar-refractivity contribution >= 4 is 18.0 Å². The zero-order valence-electron chi connectivity index (χ0n) is 15.4. The van der Waals surface area contributed by atoms with E-state index in [1.165, 1.54) is 14.0 Å². The van der Waals surface area contributed by atoms with E-state index < -0.39 is 29.6 Å². The maximum Gasteiger partial charge on any atom is 0.410 e. The van der Waals surface area contributed by atoms with Crippen molar-refractivity contribution in [3.8, 4) is 0 Å². The summed E-state index contributed by atoms with van der Waals surface area (Å²) in [6, 6.07) is 8.43. The number of hydrogen-bond acceptors (Lipinski definition) is 5. The van der Waals surface area contributed by atoms with Gasteiger partial charge in [-0.15, -0.1) is 0 Å². The number of carbonyl (C=O) groups excluding carboxylic acids is 3. The monoisotopic (exact) mass is 350 g/mol. The van der Waals surface area contributed by atoms with E-state index in [1.807, 2.05) is 30.3 Å². The lowest BCUT2D eigenvalue weighted by Crippen LogP contribution is -2.46. The van der Waals surface area contributed by atoms with Gasteiger partial charge in [0.25, 0.3) is 0 Å². The minimum atomic E-state index is -0.816. The van der Waals surface area contributed by atoms with Crippen molar-refractivity contribution in [1.82, 2.24) is 10.2 Å². The van der Waals surface area contributed by atoms with Crippen LogP contribution in [0.2, 0.25) is 0 Å². The second-order valence-electron chi connectivity index (χ2n) is 6.72. The topological polar surface area (TPSA) is 84.9 Å². The van der Waals surface area contributed by atoms with Gasteiger partial charge in [-0.3, -0.25) is 4.79 Å². The van der Waals surface area contributed by atoms with E-state index in [2.05, 4.69) is 5.32 Å². The summed E-state index contributed by atoms with van der Waals surface area (Å²) in [6.07, 6.45) is -0.609. The van der Waals surface area contributed by atoms with Gasteiger partial charge in [-0.05, 0) is 33.3 Å². The predicted molar refractivity (Wildman–Crippen MR) is 92.7 cm³/mol. The molecule has 25 heavy (non-hydrogen) atoms. The molecule has 1 unspecified atom stereocenters. The number of rotatable bonds is 6. The molecule has 0 aromatic heterocycles. The molecule has 2 amide bonds. The van der Waals surface area contributed by atoms with Crippen molar-refractivity contribution in [3.63, 3.8) is 0 Å². The summed E-state index contributed by atoms with van der Waals surface area (Å²) >= 11 is 0. The van der Waals surface area contributed by atoms with Gasteiger partial charge >= 0.3 is 12.1 Å². The molecule has 0 radical (unpaired) electrons. The normalized spacial score (nSPS) is 12.0. The van der Waals surface area contributed by atoms with Crippen LogP contribution in [-0.4, -0.2) is 48.1 Å². The van der Waals surface area contributed by atoms with E-state index in [0.29, 0.717) is 0 Å². The molecule has 7 heteroatoms. The Hall–Kier alpha value is -2.57. The molecule has 0 saturated heterocycles. The molecular formula is C18H26N2O5. The molecule has 138 valence electrons. The second-order valence-corrected chi connectivity index (χ2v) is 6.72. The van der Waals surface area contributed by atoms with Crippen LogP contribution in [0.5, 0.6) is 0 Å². The first kappa shape index (κ1) is 20.5. The summed E-state index contributed by atoms with van der Waals surface area (Å²) in [7, 11) is 1.45. The average Bonchev–Trinajstić information content (AvgIpc) is 2.51. The van der Waals surface area contributed by atoms with Crippen molar-refractivity contribution in [2.24, 2.45) is 0 Å². The Morgan fingerprint density at radius 3 is 2.32 bits per heavy atom. The standard InChI is InChI=1S/C18H26N2O5/c1-13(16(22)24-12-14-9-7-6-8-10-14)19-15(21)11-20(5)17(23)25-18(2,3)4/h6-10,13H,11-12H2,1-5H3,(H,19,21). The Bertz CT molecular complexity index is 595. The minimum absolute atomic E-state index is 0.137. The van der Waals surface area contributed by atoms with Gasteiger partial charge in [-0.2, -0.15) is 0 Å². The molecule has 0 aliphatic heterocycles. The molecule has 1 aromatic rings. The van der Waals surface area contributed by atoms with Crippen LogP contribution >= 0.6 is 0 Å². The number of ether oxygens (including phenoxy) is 2. The second kappa shape index (κ2) is 9.05. The van der Waals surface area contributed by atoms with Crippen molar-refractivity contribution < 1.29 is 23.9 Å². The Morgan fingerprint density at radius 1 is 1.16 bits per heavy atom. The highest BCUT2D eigenvalue weighted by molar-refractivity contribution is 5.87. The number of esters is 1. The maximum absolute atomic E-state index is 11.9. The highest BCUT2D eigenvalue weighted by Crippen LogP contribution is 2.09. The largest absolute Gasteiger partial charge is 0.459 e. The highest BCUT2D eigenvalue weighted by atomic mass is 16.6. The van der Waals surface area contributed by atoms with Crippen molar-refractivity contribution in [2.45, 2.75) is 45.9 Å². The average molecular weight is 350 g/mol. The third-order valence-corrected chi connectivity index (χ3v) is 3.04. The summed E-state index contributed by atoms with van der Waals surface area (Å²) in [5, 5.41) is 2.50. The quantitative estimate of drug-likeness (QED) is 0.794. The molecule has 0 fully saturated rings. The molecule has 0 aliphatic rings. The minimum Gasteiger partial charge on any atom is -0.459 e. The lowest BCUT2D eigenvalue weighted by Gasteiger charge is -2.24. The first-order valence-electron chi connectivity index (χ1n) is 8.02. The molecule has 1 atom stereocenters. The Morgan fingerprint density at radius 2 is 1.76 bits per heavy atom. The van der Waals surface area contributed by atoms with Gasteiger partial charge in [0.2, 0.25) is 5.91 Å². The van der Waals surface area contributed by atoms with Crippen LogP contribution in [0.4, 0.5) is 4.79 Å². The Labute approximate surface area is 148 Å². The van der Waals surface area contributed by atoms with Gasteiger partial charge in [0, 0.05) is 7.05 Å². The summed E-state index contributed by atoms with van der Waals surface area (Å²) < 4.78 is 10.3. The summed E-state index contributed by atoms with van der Waals surface area (Å²) in [5.41, 5.74) is 0.218. The van der Waals surface area contributed by atoms with Crippen molar-refractivity contribution in [2.75, 3.05) is 13.6 Å². The first-order chi connectivity index (χ1) is 11.6. The maximum atomic E-state index is 11.9. The molecule has 1 aromatic carbocycles. The van der Waals surface area contributed by atoms with E-state index in [9.17, 15) is 14.4 Å². The van der Waals surface area contributed by atoms with Gasteiger partial charge in [-0.25, -0.2) is 9.59 Å². The summed E-state index contributed by atoms with van der Waals surface area (Å²) in [4.78, 5) is 36.8. The van der Waals surface area contributed by atoms with E-state index in [-0.39, 0.29) is 13.2 Å². The molecule has 0 bridgehead atoms. The van der Waals surface area contributed by atoms with E-state index in [0.717, 1.165) is 10.5 Å². The number of amides is 2. The van der Waals surface area contributed by atoms with Crippen LogP contribution in [0.25, 0.3) is 0 Å². The van der Waals surface area contributed by atoms with Gasteiger partial charge in [-0.1, -0.05) is 30.3 Å². The van der Waals surface area contributed by atoms with Crippen molar-refractivity contribution in [1.29, 1.82) is 0 Å². The molecular weight excluding hydrogens is 324 g/mol. The Balaban J connectivity index is 2.39. The number of hydrogen-bond donors (Lipinski definition) is 1. The number of benzene rings is 1. The van der Waals surface area contributed by atoms with Gasteiger partial charge in [0.1, 0.15) is 24.8 Å². The molecule has 0 spiro atoms. The molecule has 1 rings (SSSR count). The van der Waals surface area contributed by atoms with Crippen LogP contribution in [0.15, 0.2) is 30.3 Å². The lowest BCUT2D eigenvalue weighted by molar-refractivity contribution is -0.148.